The van der Waals surface area contributed by atoms with Crippen molar-refractivity contribution in [3.05, 3.63) is 65.2 Å². The van der Waals surface area contributed by atoms with Crippen LogP contribution in [0.2, 0.25) is 0 Å². The van der Waals surface area contributed by atoms with E-state index in [1.165, 1.54) is 18.2 Å². The Kier molecular flexibility index (Phi) is 4.12. The van der Waals surface area contributed by atoms with Gasteiger partial charge in [-0.1, -0.05) is 18.2 Å². The van der Waals surface area contributed by atoms with E-state index in [2.05, 4.69) is 5.32 Å². The first kappa shape index (κ1) is 13.5. The van der Waals surface area contributed by atoms with E-state index in [1.54, 1.807) is 31.2 Å². The van der Waals surface area contributed by atoms with Crippen LogP contribution in [-0.2, 0) is 0 Å². The molecule has 0 aliphatic carbocycles. The van der Waals surface area contributed by atoms with Crippen LogP contribution in [0.15, 0.2) is 42.5 Å². The number of nitrogens with one attached hydrogen (secondary N) is 1. The van der Waals surface area contributed by atoms with Crippen LogP contribution in [0.3, 0.4) is 0 Å². The smallest absolute Gasteiger partial charge is 0.129 e. The fourth-order valence-corrected chi connectivity index (χ4v) is 1.89. The second kappa shape index (κ2) is 5.80. The van der Waals surface area contributed by atoms with Crippen molar-refractivity contribution in [2.45, 2.75) is 13.0 Å². The number of aryl methyl sites for hydroxylation is 1. The maximum Gasteiger partial charge on any atom is 0.129 e. The van der Waals surface area contributed by atoms with Crippen LogP contribution in [0.25, 0.3) is 0 Å². The lowest BCUT2D eigenvalue weighted by molar-refractivity contribution is 0.186. The molecule has 4 heteroatoms. The molecule has 0 spiro atoms. The summed E-state index contributed by atoms with van der Waals surface area (Å²) < 4.78 is 26.4. The Morgan fingerprint density at radius 1 is 1.16 bits per heavy atom. The summed E-state index contributed by atoms with van der Waals surface area (Å²) in [5.74, 6) is -0.745. The van der Waals surface area contributed by atoms with Crippen LogP contribution in [0.4, 0.5) is 14.5 Å². The van der Waals surface area contributed by atoms with E-state index in [1.807, 2.05) is 0 Å². The predicted molar refractivity (Wildman–Crippen MR) is 71.0 cm³/mol. The van der Waals surface area contributed by atoms with Gasteiger partial charge in [-0.25, -0.2) is 8.78 Å². The molecule has 2 N–H and O–H groups in total. The number of aliphatic hydroxyl groups is 1. The predicted octanol–water partition coefficient (Wildman–Crippen LogP) is 3.42. The van der Waals surface area contributed by atoms with Gasteiger partial charge in [0.1, 0.15) is 11.6 Å². The molecule has 1 unspecified atom stereocenters. The second-order valence-electron chi connectivity index (χ2n) is 4.38. The van der Waals surface area contributed by atoms with E-state index >= 15 is 0 Å². The van der Waals surface area contributed by atoms with Crippen molar-refractivity contribution in [3.8, 4) is 0 Å². The number of aliphatic hydroxyl groups excluding tert-OH is 1. The fraction of sp³-hybridized carbons (Fsp3) is 0.200. The monoisotopic (exact) mass is 263 g/mol. The summed E-state index contributed by atoms with van der Waals surface area (Å²) >= 11 is 0. The van der Waals surface area contributed by atoms with Crippen molar-refractivity contribution in [2.75, 3.05) is 11.9 Å². The number of anilines is 1. The van der Waals surface area contributed by atoms with Gasteiger partial charge in [0.15, 0.2) is 0 Å². The molecule has 2 aromatic carbocycles. The molecule has 2 rings (SSSR count). The van der Waals surface area contributed by atoms with Crippen molar-refractivity contribution < 1.29 is 13.9 Å². The first-order chi connectivity index (χ1) is 9.08. The highest BCUT2D eigenvalue weighted by atomic mass is 19.1. The minimum Gasteiger partial charge on any atom is -0.386 e. The van der Waals surface area contributed by atoms with Crippen LogP contribution < -0.4 is 5.32 Å². The summed E-state index contributed by atoms with van der Waals surface area (Å²) in [6.45, 7) is 1.92. The largest absolute Gasteiger partial charge is 0.386 e. The van der Waals surface area contributed by atoms with Crippen molar-refractivity contribution >= 4 is 5.69 Å². The molecule has 0 saturated heterocycles. The molecule has 1 atom stereocenters. The molecule has 0 aliphatic rings. The Bertz CT molecular complexity index is 572. The normalized spacial score (nSPS) is 12.2. The third-order valence-electron chi connectivity index (χ3n) is 2.94. The molecule has 19 heavy (non-hydrogen) atoms. The summed E-state index contributed by atoms with van der Waals surface area (Å²) in [5, 5.41) is 12.9. The highest BCUT2D eigenvalue weighted by Crippen LogP contribution is 2.20. The highest BCUT2D eigenvalue weighted by molar-refractivity contribution is 5.50. The topological polar surface area (TPSA) is 32.3 Å². The lowest BCUT2D eigenvalue weighted by Crippen LogP contribution is -2.14. The van der Waals surface area contributed by atoms with Crippen LogP contribution in [0.1, 0.15) is 17.2 Å². The van der Waals surface area contributed by atoms with Crippen molar-refractivity contribution in [2.24, 2.45) is 0 Å². The lowest BCUT2D eigenvalue weighted by atomic mass is 10.1. The molecule has 0 heterocycles. The highest BCUT2D eigenvalue weighted by Gasteiger charge is 2.12. The summed E-state index contributed by atoms with van der Waals surface area (Å²) in [6.07, 6.45) is -0.953. The number of hydrogen-bond acceptors (Lipinski definition) is 2. The van der Waals surface area contributed by atoms with Gasteiger partial charge in [-0.05, 0) is 36.8 Å². The van der Waals surface area contributed by atoms with Crippen molar-refractivity contribution in [1.29, 1.82) is 0 Å². The van der Waals surface area contributed by atoms with Gasteiger partial charge in [0.2, 0.25) is 0 Å². The first-order valence-corrected chi connectivity index (χ1v) is 6.00. The van der Waals surface area contributed by atoms with Gasteiger partial charge in [-0.2, -0.15) is 0 Å². The quantitative estimate of drug-likeness (QED) is 0.886. The molecular weight excluding hydrogens is 248 g/mol. The van der Waals surface area contributed by atoms with E-state index in [0.717, 1.165) is 11.3 Å². The van der Waals surface area contributed by atoms with Gasteiger partial charge >= 0.3 is 0 Å². The van der Waals surface area contributed by atoms with E-state index in [9.17, 15) is 13.9 Å². The number of hydrogen-bond donors (Lipinski definition) is 2. The molecule has 0 radical (unpaired) electrons. The second-order valence-corrected chi connectivity index (χ2v) is 4.38. The lowest BCUT2D eigenvalue weighted by Gasteiger charge is -2.15. The minimum absolute atomic E-state index is 0.160. The number of halogens is 2. The van der Waals surface area contributed by atoms with Gasteiger partial charge in [-0.3, -0.25) is 0 Å². The van der Waals surface area contributed by atoms with Gasteiger partial charge in [0, 0.05) is 17.8 Å². The van der Waals surface area contributed by atoms with E-state index < -0.39 is 11.9 Å². The standard InChI is InChI=1S/C15H15F2NO/c1-10-8-11(16)6-7-14(10)18-9-15(19)12-4-2-3-5-13(12)17/h2-8,15,18-19H,9H2,1H3. The van der Waals surface area contributed by atoms with Crippen molar-refractivity contribution in [1.82, 2.24) is 0 Å². The van der Waals surface area contributed by atoms with Gasteiger partial charge in [0.25, 0.3) is 0 Å². The summed E-state index contributed by atoms with van der Waals surface area (Å²) in [4.78, 5) is 0. The Labute approximate surface area is 110 Å². The molecule has 0 aliphatic heterocycles. The maximum absolute atomic E-state index is 13.5. The fourth-order valence-electron chi connectivity index (χ4n) is 1.89. The summed E-state index contributed by atoms with van der Waals surface area (Å²) in [7, 11) is 0. The van der Waals surface area contributed by atoms with Gasteiger partial charge in [0.05, 0.1) is 6.10 Å². The molecular formula is C15H15F2NO. The van der Waals surface area contributed by atoms with Crippen LogP contribution in [-0.4, -0.2) is 11.7 Å². The zero-order valence-electron chi connectivity index (χ0n) is 10.5. The molecule has 0 aromatic heterocycles. The zero-order valence-corrected chi connectivity index (χ0v) is 10.5. The Morgan fingerprint density at radius 3 is 2.58 bits per heavy atom. The van der Waals surface area contributed by atoms with Crippen molar-refractivity contribution in [3.63, 3.8) is 0 Å². The Balaban J connectivity index is 2.04. The van der Waals surface area contributed by atoms with E-state index in [-0.39, 0.29) is 17.9 Å². The molecule has 2 nitrogen and oxygen atoms in total. The molecule has 2 aromatic rings. The van der Waals surface area contributed by atoms with E-state index in [0.29, 0.717) is 0 Å². The third-order valence-corrected chi connectivity index (χ3v) is 2.94. The SMILES string of the molecule is Cc1cc(F)ccc1NCC(O)c1ccccc1F. The van der Waals surface area contributed by atoms with E-state index in [4.69, 9.17) is 0 Å². The van der Waals surface area contributed by atoms with Gasteiger partial charge in [-0.15, -0.1) is 0 Å². The Morgan fingerprint density at radius 2 is 1.89 bits per heavy atom. The number of rotatable bonds is 4. The summed E-state index contributed by atoms with van der Waals surface area (Å²) in [5.41, 5.74) is 1.70. The summed E-state index contributed by atoms with van der Waals surface area (Å²) in [6, 6.07) is 10.4. The molecule has 0 saturated carbocycles. The van der Waals surface area contributed by atoms with Crippen LogP contribution in [0, 0.1) is 18.6 Å². The van der Waals surface area contributed by atoms with Gasteiger partial charge < -0.3 is 10.4 Å². The molecule has 0 amide bonds. The van der Waals surface area contributed by atoms with Crippen LogP contribution in [0.5, 0.6) is 0 Å². The minimum atomic E-state index is -0.953. The molecule has 100 valence electrons. The third kappa shape index (κ3) is 3.29. The molecule has 0 fully saturated rings. The Hall–Kier alpha value is -1.94. The first-order valence-electron chi connectivity index (χ1n) is 6.00. The average molecular weight is 263 g/mol. The van der Waals surface area contributed by atoms with Crippen LogP contribution >= 0.6 is 0 Å². The number of benzene rings is 2. The zero-order chi connectivity index (χ0) is 13.8. The molecule has 0 bridgehead atoms. The average Bonchev–Trinajstić information content (AvgIpc) is 2.38. The maximum atomic E-state index is 13.5.